The highest BCUT2D eigenvalue weighted by atomic mass is 16.5. The predicted molar refractivity (Wildman–Crippen MR) is 74.9 cm³/mol. The highest BCUT2D eigenvalue weighted by Gasteiger charge is 2.05. The minimum atomic E-state index is 0.620. The Kier molecular flexibility index (Phi) is 4.34. The Bertz CT molecular complexity index is 534. The van der Waals surface area contributed by atoms with Crippen LogP contribution in [0.25, 0.3) is 0 Å². The molecule has 0 aliphatic heterocycles. The number of ether oxygens (including phenoxy) is 2. The first-order valence-corrected chi connectivity index (χ1v) is 6.33. The van der Waals surface area contributed by atoms with E-state index in [4.69, 9.17) is 13.9 Å². The molecule has 0 bridgehead atoms. The van der Waals surface area contributed by atoms with Gasteiger partial charge in [0.1, 0.15) is 11.5 Å². The average Bonchev–Trinajstić information content (AvgIpc) is 2.83. The van der Waals surface area contributed by atoms with Crippen molar-refractivity contribution in [3.8, 4) is 11.5 Å². The molecule has 102 valence electrons. The molecule has 0 unspecified atom stereocenters. The number of hydrogen-bond donors (Lipinski definition) is 1. The molecule has 4 heteroatoms. The van der Waals surface area contributed by atoms with Crippen molar-refractivity contribution < 1.29 is 13.9 Å². The standard InChI is InChI=1S/C15H19NO3/c1-4-18-14-8-6-12(9-15(14)17-3)16-10-13-7-5-11(2)19-13/h5-9,16H,4,10H2,1-3H3. The number of anilines is 1. The van der Waals surface area contributed by atoms with Crippen molar-refractivity contribution in [2.75, 3.05) is 19.0 Å². The van der Waals surface area contributed by atoms with Crippen molar-refractivity contribution in [1.29, 1.82) is 0 Å². The van der Waals surface area contributed by atoms with E-state index in [2.05, 4.69) is 5.32 Å². The van der Waals surface area contributed by atoms with E-state index in [0.29, 0.717) is 13.2 Å². The first-order valence-electron chi connectivity index (χ1n) is 6.33. The molecule has 0 saturated heterocycles. The van der Waals surface area contributed by atoms with Gasteiger partial charge in [-0.25, -0.2) is 0 Å². The Balaban J connectivity index is 2.04. The van der Waals surface area contributed by atoms with Gasteiger partial charge in [0.15, 0.2) is 11.5 Å². The van der Waals surface area contributed by atoms with Gasteiger partial charge >= 0.3 is 0 Å². The third-order valence-electron chi connectivity index (χ3n) is 2.73. The molecule has 1 N–H and O–H groups in total. The third kappa shape index (κ3) is 3.44. The number of rotatable bonds is 6. The lowest BCUT2D eigenvalue weighted by molar-refractivity contribution is 0.311. The highest BCUT2D eigenvalue weighted by Crippen LogP contribution is 2.30. The predicted octanol–water partition coefficient (Wildman–Crippen LogP) is 3.61. The second kappa shape index (κ2) is 6.18. The van der Waals surface area contributed by atoms with Gasteiger partial charge in [-0.05, 0) is 38.1 Å². The van der Waals surface area contributed by atoms with Crippen LogP contribution >= 0.6 is 0 Å². The summed E-state index contributed by atoms with van der Waals surface area (Å²) in [6.07, 6.45) is 0. The first-order chi connectivity index (χ1) is 9.22. The van der Waals surface area contributed by atoms with Gasteiger partial charge in [-0.2, -0.15) is 0 Å². The Morgan fingerprint density at radius 2 is 2.00 bits per heavy atom. The van der Waals surface area contributed by atoms with E-state index >= 15 is 0 Å². The van der Waals surface area contributed by atoms with Gasteiger partial charge in [0.05, 0.1) is 20.3 Å². The summed E-state index contributed by atoms with van der Waals surface area (Å²) in [7, 11) is 1.64. The van der Waals surface area contributed by atoms with Crippen molar-refractivity contribution in [2.45, 2.75) is 20.4 Å². The molecule has 0 spiro atoms. The van der Waals surface area contributed by atoms with Crippen molar-refractivity contribution in [2.24, 2.45) is 0 Å². The van der Waals surface area contributed by atoms with Crippen molar-refractivity contribution in [3.63, 3.8) is 0 Å². The monoisotopic (exact) mass is 261 g/mol. The fourth-order valence-corrected chi connectivity index (χ4v) is 1.82. The van der Waals surface area contributed by atoms with E-state index in [1.165, 1.54) is 0 Å². The van der Waals surface area contributed by atoms with Crippen LogP contribution in [-0.2, 0) is 6.54 Å². The molecular weight excluding hydrogens is 242 g/mol. The molecule has 1 heterocycles. The third-order valence-corrected chi connectivity index (χ3v) is 2.73. The summed E-state index contributed by atoms with van der Waals surface area (Å²) in [6, 6.07) is 9.70. The first kappa shape index (κ1) is 13.3. The van der Waals surface area contributed by atoms with Crippen molar-refractivity contribution in [3.05, 3.63) is 41.9 Å². The van der Waals surface area contributed by atoms with Crippen LogP contribution in [0.15, 0.2) is 34.7 Å². The fourth-order valence-electron chi connectivity index (χ4n) is 1.82. The van der Waals surface area contributed by atoms with Crippen LogP contribution in [0.4, 0.5) is 5.69 Å². The molecule has 2 rings (SSSR count). The lowest BCUT2D eigenvalue weighted by atomic mass is 10.2. The quantitative estimate of drug-likeness (QED) is 0.862. The smallest absolute Gasteiger partial charge is 0.162 e. The number of methoxy groups -OCH3 is 1. The van der Waals surface area contributed by atoms with Crippen LogP contribution in [0.2, 0.25) is 0 Å². The zero-order chi connectivity index (χ0) is 13.7. The number of furan rings is 1. The average molecular weight is 261 g/mol. The minimum Gasteiger partial charge on any atom is -0.493 e. The summed E-state index contributed by atoms with van der Waals surface area (Å²) in [4.78, 5) is 0. The molecule has 1 aromatic heterocycles. The molecule has 19 heavy (non-hydrogen) atoms. The molecule has 1 aromatic carbocycles. The van der Waals surface area contributed by atoms with Gasteiger partial charge in [0, 0.05) is 11.8 Å². The summed E-state index contributed by atoms with van der Waals surface area (Å²) in [5.41, 5.74) is 0.967. The molecule has 0 atom stereocenters. The van der Waals surface area contributed by atoms with Crippen LogP contribution in [-0.4, -0.2) is 13.7 Å². The highest BCUT2D eigenvalue weighted by molar-refractivity contribution is 5.54. The van der Waals surface area contributed by atoms with Crippen LogP contribution in [0.3, 0.4) is 0 Å². The van der Waals surface area contributed by atoms with Gasteiger partial charge in [-0.1, -0.05) is 0 Å². The van der Waals surface area contributed by atoms with Crippen LogP contribution in [0.5, 0.6) is 11.5 Å². The summed E-state index contributed by atoms with van der Waals surface area (Å²) in [5.74, 6) is 3.30. The molecular formula is C15H19NO3. The van der Waals surface area contributed by atoms with E-state index in [0.717, 1.165) is 28.7 Å². The zero-order valence-electron chi connectivity index (χ0n) is 11.5. The number of nitrogens with one attached hydrogen (secondary N) is 1. The molecule has 0 aliphatic carbocycles. The van der Waals surface area contributed by atoms with E-state index in [9.17, 15) is 0 Å². The molecule has 2 aromatic rings. The Labute approximate surface area is 113 Å². The molecule has 0 saturated carbocycles. The fraction of sp³-hybridized carbons (Fsp3) is 0.333. The van der Waals surface area contributed by atoms with Crippen LogP contribution in [0, 0.1) is 6.92 Å². The lowest BCUT2D eigenvalue weighted by Crippen LogP contribution is -2.00. The van der Waals surface area contributed by atoms with Crippen molar-refractivity contribution in [1.82, 2.24) is 0 Å². The molecule has 4 nitrogen and oxygen atoms in total. The SMILES string of the molecule is CCOc1ccc(NCc2ccc(C)o2)cc1OC. The largest absolute Gasteiger partial charge is 0.493 e. The number of aryl methyl sites for hydroxylation is 1. The Hall–Kier alpha value is -2.10. The van der Waals surface area contributed by atoms with Gasteiger partial charge in [0.25, 0.3) is 0 Å². The van der Waals surface area contributed by atoms with Gasteiger partial charge in [-0.3, -0.25) is 0 Å². The number of hydrogen-bond acceptors (Lipinski definition) is 4. The van der Waals surface area contributed by atoms with E-state index in [1.807, 2.05) is 44.2 Å². The van der Waals surface area contributed by atoms with Gasteiger partial charge in [0.2, 0.25) is 0 Å². The van der Waals surface area contributed by atoms with E-state index in [1.54, 1.807) is 7.11 Å². The summed E-state index contributed by atoms with van der Waals surface area (Å²) in [6.45, 7) is 5.15. The Morgan fingerprint density at radius 1 is 1.16 bits per heavy atom. The summed E-state index contributed by atoms with van der Waals surface area (Å²) < 4.78 is 16.3. The maximum atomic E-state index is 5.51. The minimum absolute atomic E-state index is 0.620. The summed E-state index contributed by atoms with van der Waals surface area (Å²) in [5, 5.41) is 3.29. The van der Waals surface area contributed by atoms with Crippen LogP contribution in [0.1, 0.15) is 18.4 Å². The maximum Gasteiger partial charge on any atom is 0.162 e. The molecule has 0 aliphatic rings. The van der Waals surface area contributed by atoms with Gasteiger partial charge < -0.3 is 19.2 Å². The lowest BCUT2D eigenvalue weighted by Gasteiger charge is -2.11. The topological polar surface area (TPSA) is 43.6 Å². The summed E-state index contributed by atoms with van der Waals surface area (Å²) >= 11 is 0. The second-order valence-corrected chi connectivity index (χ2v) is 4.16. The molecule has 0 amide bonds. The number of benzene rings is 1. The van der Waals surface area contributed by atoms with E-state index < -0.39 is 0 Å². The molecule has 0 fully saturated rings. The molecule has 0 radical (unpaired) electrons. The normalized spacial score (nSPS) is 10.3. The van der Waals surface area contributed by atoms with Gasteiger partial charge in [-0.15, -0.1) is 0 Å². The van der Waals surface area contributed by atoms with Crippen LogP contribution < -0.4 is 14.8 Å². The Morgan fingerprint density at radius 3 is 2.63 bits per heavy atom. The van der Waals surface area contributed by atoms with E-state index in [-0.39, 0.29) is 0 Å². The second-order valence-electron chi connectivity index (χ2n) is 4.16. The maximum absolute atomic E-state index is 5.51. The zero-order valence-corrected chi connectivity index (χ0v) is 11.5. The van der Waals surface area contributed by atoms with Crippen molar-refractivity contribution >= 4 is 5.69 Å².